The number of unbranched alkanes of at least 4 members (excludes halogenated alkanes) is 24. The number of carboxylic acids is 1. The minimum Gasteiger partial charge on any atom is -0.550 e. The first kappa shape index (κ1) is 40.2. The van der Waals surface area contributed by atoms with E-state index in [9.17, 15) is 9.90 Å². The van der Waals surface area contributed by atoms with Crippen LogP contribution in [0.1, 0.15) is 187 Å². The SMILES string of the molecule is CCCCCCCCCCCCCCCN(CCCCCCCCCCCCCCC)CCC(=O)[O-].[K+]. The topological polar surface area (TPSA) is 43.4 Å². The van der Waals surface area contributed by atoms with Gasteiger partial charge in [-0.1, -0.05) is 168 Å². The van der Waals surface area contributed by atoms with Crippen LogP contribution < -0.4 is 56.5 Å². The Kier molecular flexibility index (Phi) is 38.1. The van der Waals surface area contributed by atoms with Gasteiger partial charge in [0.1, 0.15) is 0 Å². The van der Waals surface area contributed by atoms with Crippen molar-refractivity contribution in [2.45, 2.75) is 187 Å². The summed E-state index contributed by atoms with van der Waals surface area (Å²) in [4.78, 5) is 13.3. The van der Waals surface area contributed by atoms with Crippen molar-refractivity contribution in [3.05, 3.63) is 0 Å². The summed E-state index contributed by atoms with van der Waals surface area (Å²) in [6.07, 6.45) is 36.0. The molecule has 0 atom stereocenters. The van der Waals surface area contributed by atoms with Crippen LogP contribution in [0.4, 0.5) is 0 Å². The van der Waals surface area contributed by atoms with Crippen LogP contribution >= 0.6 is 0 Å². The second-order valence-corrected chi connectivity index (χ2v) is 11.4. The number of carboxylic acid groups (broad SMARTS) is 1. The fourth-order valence-electron chi connectivity index (χ4n) is 5.29. The van der Waals surface area contributed by atoms with Crippen LogP contribution in [-0.2, 0) is 4.79 Å². The predicted molar refractivity (Wildman–Crippen MR) is 157 cm³/mol. The van der Waals surface area contributed by atoms with Gasteiger partial charge in [-0.25, -0.2) is 0 Å². The third kappa shape index (κ3) is 35.0. The van der Waals surface area contributed by atoms with Crippen molar-refractivity contribution in [1.29, 1.82) is 0 Å². The number of carbonyl (C=O) groups is 1. The van der Waals surface area contributed by atoms with Crippen LogP contribution in [0.3, 0.4) is 0 Å². The van der Waals surface area contributed by atoms with Crippen LogP contribution in [0.15, 0.2) is 0 Å². The quantitative estimate of drug-likeness (QED) is 0.0724. The van der Waals surface area contributed by atoms with Crippen molar-refractivity contribution in [3.63, 3.8) is 0 Å². The van der Waals surface area contributed by atoms with E-state index in [1.165, 1.54) is 167 Å². The van der Waals surface area contributed by atoms with Gasteiger partial charge in [0.05, 0.1) is 0 Å². The minimum atomic E-state index is -0.907. The molecule has 37 heavy (non-hydrogen) atoms. The maximum absolute atomic E-state index is 10.9. The maximum atomic E-state index is 10.9. The molecule has 0 unspecified atom stereocenters. The molecule has 0 bridgehead atoms. The van der Waals surface area contributed by atoms with E-state index in [2.05, 4.69) is 18.7 Å². The third-order valence-corrected chi connectivity index (χ3v) is 7.79. The van der Waals surface area contributed by atoms with Crippen LogP contribution in [-0.4, -0.2) is 30.5 Å². The van der Waals surface area contributed by atoms with Crippen molar-refractivity contribution in [3.8, 4) is 0 Å². The van der Waals surface area contributed by atoms with Gasteiger partial charge in [0.2, 0.25) is 0 Å². The Hall–Kier alpha value is 1.07. The molecule has 0 aliphatic rings. The zero-order chi connectivity index (χ0) is 26.4. The molecule has 0 aromatic carbocycles. The summed E-state index contributed by atoms with van der Waals surface area (Å²) in [6, 6.07) is 0. The van der Waals surface area contributed by atoms with Gasteiger partial charge < -0.3 is 14.8 Å². The molecule has 0 heterocycles. The standard InChI is InChI=1S/C33H67NO2.K/c1-3-5-7-9-11-13-15-17-19-21-23-25-27-30-34(32-29-33(35)36)31-28-26-24-22-20-18-16-14-12-10-8-6-4-2;/h3-32H2,1-2H3,(H,35,36);/q;+1/p-1. The van der Waals surface area contributed by atoms with Crippen LogP contribution in [0.5, 0.6) is 0 Å². The van der Waals surface area contributed by atoms with Gasteiger partial charge in [-0.3, -0.25) is 0 Å². The molecule has 4 heteroatoms. The first-order valence-electron chi connectivity index (χ1n) is 16.6. The Balaban J connectivity index is 0. The van der Waals surface area contributed by atoms with E-state index in [4.69, 9.17) is 0 Å². The van der Waals surface area contributed by atoms with Gasteiger partial charge in [-0.15, -0.1) is 0 Å². The Morgan fingerprint density at radius 1 is 0.432 bits per heavy atom. The second kappa shape index (κ2) is 35.1. The van der Waals surface area contributed by atoms with Gasteiger partial charge in [-0.2, -0.15) is 0 Å². The van der Waals surface area contributed by atoms with Gasteiger partial charge in [-0.05, 0) is 32.4 Å². The second-order valence-electron chi connectivity index (χ2n) is 11.4. The molecule has 0 fully saturated rings. The van der Waals surface area contributed by atoms with Crippen molar-refractivity contribution >= 4 is 5.97 Å². The molecule has 0 rings (SSSR count). The molecule has 0 aliphatic heterocycles. The molecule has 0 aliphatic carbocycles. The average Bonchev–Trinajstić information content (AvgIpc) is 2.87. The molecule has 0 N–H and O–H groups in total. The van der Waals surface area contributed by atoms with E-state index < -0.39 is 5.97 Å². The summed E-state index contributed by atoms with van der Waals surface area (Å²) in [5, 5.41) is 10.9. The van der Waals surface area contributed by atoms with E-state index in [1.807, 2.05) is 0 Å². The minimum absolute atomic E-state index is 0. The van der Waals surface area contributed by atoms with E-state index in [1.54, 1.807) is 0 Å². The van der Waals surface area contributed by atoms with E-state index >= 15 is 0 Å². The van der Waals surface area contributed by atoms with E-state index in [-0.39, 0.29) is 57.8 Å². The van der Waals surface area contributed by atoms with Gasteiger partial charge in [0.25, 0.3) is 0 Å². The Morgan fingerprint density at radius 3 is 0.919 bits per heavy atom. The monoisotopic (exact) mass is 547 g/mol. The first-order valence-corrected chi connectivity index (χ1v) is 16.6. The summed E-state index contributed by atoms with van der Waals surface area (Å²) >= 11 is 0. The van der Waals surface area contributed by atoms with Crippen molar-refractivity contribution in [2.75, 3.05) is 19.6 Å². The molecule has 0 spiro atoms. The zero-order valence-electron chi connectivity index (χ0n) is 26.0. The summed E-state index contributed by atoms with van der Waals surface area (Å²) in [5.41, 5.74) is 0. The Morgan fingerprint density at radius 2 is 0.676 bits per heavy atom. The third-order valence-electron chi connectivity index (χ3n) is 7.79. The number of rotatable bonds is 31. The fourth-order valence-corrected chi connectivity index (χ4v) is 5.29. The summed E-state index contributed by atoms with van der Waals surface area (Å²) in [6.45, 7) is 7.35. The van der Waals surface area contributed by atoms with E-state index in [0.717, 1.165) is 13.1 Å². The molecule has 216 valence electrons. The Bertz CT molecular complexity index is 403. The molecule has 0 aromatic heterocycles. The summed E-state index contributed by atoms with van der Waals surface area (Å²) < 4.78 is 0. The average molecular weight is 548 g/mol. The van der Waals surface area contributed by atoms with Crippen molar-refractivity contribution < 1.29 is 61.3 Å². The number of hydrogen-bond acceptors (Lipinski definition) is 3. The van der Waals surface area contributed by atoms with Crippen LogP contribution in [0.2, 0.25) is 0 Å². The summed E-state index contributed by atoms with van der Waals surface area (Å²) in [7, 11) is 0. The number of carbonyl (C=O) groups excluding carboxylic acids is 1. The largest absolute Gasteiger partial charge is 1.00 e. The van der Waals surface area contributed by atoms with Crippen LogP contribution in [0, 0.1) is 0 Å². The molecule has 0 radical (unpaired) electrons. The molecule has 3 nitrogen and oxygen atoms in total. The predicted octanol–water partition coefficient (Wildman–Crippen LogP) is 6.61. The fraction of sp³-hybridized carbons (Fsp3) is 0.970. The van der Waals surface area contributed by atoms with Gasteiger partial charge >= 0.3 is 51.4 Å². The normalized spacial score (nSPS) is 11.2. The van der Waals surface area contributed by atoms with Gasteiger partial charge in [0, 0.05) is 12.5 Å². The molecule has 0 amide bonds. The van der Waals surface area contributed by atoms with E-state index in [0.29, 0.717) is 6.54 Å². The summed E-state index contributed by atoms with van der Waals surface area (Å²) in [5.74, 6) is -0.907. The molecule has 0 saturated carbocycles. The number of nitrogens with zero attached hydrogens (tertiary/aromatic N) is 1. The van der Waals surface area contributed by atoms with Crippen molar-refractivity contribution in [1.82, 2.24) is 4.90 Å². The zero-order valence-corrected chi connectivity index (χ0v) is 29.1. The first-order chi connectivity index (χ1) is 17.7. The molecular formula is C33H66KNO2. The smallest absolute Gasteiger partial charge is 0.550 e. The Labute approximate surface area is 276 Å². The van der Waals surface area contributed by atoms with Crippen molar-refractivity contribution in [2.24, 2.45) is 0 Å². The molecule has 0 saturated heterocycles. The molecule has 0 aromatic rings. The maximum Gasteiger partial charge on any atom is 1.00 e. The molecular weight excluding hydrogens is 481 g/mol. The van der Waals surface area contributed by atoms with Gasteiger partial charge in [0.15, 0.2) is 0 Å². The number of aliphatic carboxylic acids is 1. The number of hydrogen-bond donors (Lipinski definition) is 0. The van der Waals surface area contributed by atoms with Crippen LogP contribution in [0.25, 0.3) is 0 Å².